The van der Waals surface area contributed by atoms with Crippen molar-refractivity contribution in [3.8, 4) is 0 Å². The first-order chi connectivity index (χ1) is 8.08. The summed E-state index contributed by atoms with van der Waals surface area (Å²) in [5.41, 5.74) is 1.84. The molecule has 0 bridgehead atoms. The number of rotatable bonds is 3. The number of aromatic nitrogens is 1. The van der Waals surface area contributed by atoms with Crippen LogP contribution in [0, 0.1) is 5.82 Å². The Kier molecular flexibility index (Phi) is 3.64. The molecule has 1 atom stereocenters. The predicted octanol–water partition coefficient (Wildman–Crippen LogP) is 3.49. The van der Waals surface area contributed by atoms with Gasteiger partial charge in [0.2, 0.25) is 0 Å². The number of aliphatic hydroxyl groups excluding tert-OH is 1. The fraction of sp³-hybridized carbons (Fsp3) is 0.231. The molecule has 2 rings (SSSR count). The first-order valence-electron chi connectivity index (χ1n) is 5.35. The molecule has 2 aromatic rings. The van der Waals surface area contributed by atoms with Gasteiger partial charge in [-0.3, -0.25) is 0 Å². The topological polar surface area (TPSA) is 25.2 Å². The Morgan fingerprint density at radius 3 is 2.82 bits per heavy atom. The summed E-state index contributed by atoms with van der Waals surface area (Å²) < 4.78 is 15.5. The highest BCUT2D eigenvalue weighted by Gasteiger charge is 2.07. The third-order valence-electron chi connectivity index (χ3n) is 2.63. The lowest BCUT2D eigenvalue weighted by Gasteiger charge is -2.11. The molecule has 0 fully saturated rings. The molecule has 0 spiro atoms. The van der Waals surface area contributed by atoms with Crippen molar-refractivity contribution in [3.05, 3.63) is 58.1 Å². The van der Waals surface area contributed by atoms with Gasteiger partial charge in [0.05, 0.1) is 10.6 Å². The van der Waals surface area contributed by atoms with Crippen LogP contribution < -0.4 is 0 Å². The van der Waals surface area contributed by atoms with Crippen molar-refractivity contribution >= 4 is 15.9 Å². The predicted molar refractivity (Wildman–Crippen MR) is 68.3 cm³/mol. The van der Waals surface area contributed by atoms with E-state index in [1.807, 2.05) is 22.9 Å². The van der Waals surface area contributed by atoms with E-state index in [2.05, 4.69) is 15.9 Å². The molecule has 1 heterocycles. The lowest BCUT2D eigenvalue weighted by atomic mass is 10.2. The Balaban J connectivity index is 2.25. The molecule has 0 aliphatic heterocycles. The number of benzene rings is 1. The van der Waals surface area contributed by atoms with E-state index in [0.29, 0.717) is 11.0 Å². The largest absolute Gasteiger partial charge is 0.387 e. The van der Waals surface area contributed by atoms with Crippen molar-refractivity contribution in [2.75, 3.05) is 0 Å². The van der Waals surface area contributed by atoms with Crippen LogP contribution in [0.4, 0.5) is 4.39 Å². The molecule has 0 saturated carbocycles. The minimum Gasteiger partial charge on any atom is -0.387 e. The number of hydrogen-bond acceptors (Lipinski definition) is 1. The Morgan fingerprint density at radius 2 is 2.18 bits per heavy atom. The van der Waals surface area contributed by atoms with Crippen molar-refractivity contribution in [1.29, 1.82) is 0 Å². The monoisotopic (exact) mass is 297 g/mol. The molecule has 1 unspecified atom stereocenters. The van der Waals surface area contributed by atoms with Crippen molar-refractivity contribution in [3.63, 3.8) is 0 Å². The number of aliphatic hydroxyl groups is 1. The summed E-state index contributed by atoms with van der Waals surface area (Å²) in [7, 11) is 0. The van der Waals surface area contributed by atoms with E-state index in [-0.39, 0.29) is 5.82 Å². The van der Waals surface area contributed by atoms with Crippen LogP contribution in [0.5, 0.6) is 0 Å². The second kappa shape index (κ2) is 5.02. The molecule has 0 saturated heterocycles. The quantitative estimate of drug-likeness (QED) is 0.922. The van der Waals surface area contributed by atoms with Gasteiger partial charge in [0, 0.05) is 18.4 Å². The van der Waals surface area contributed by atoms with Crippen LogP contribution in [0.15, 0.2) is 41.0 Å². The van der Waals surface area contributed by atoms with Gasteiger partial charge in [0.1, 0.15) is 5.82 Å². The van der Waals surface area contributed by atoms with E-state index in [1.54, 1.807) is 19.1 Å². The van der Waals surface area contributed by atoms with Crippen LogP contribution in [-0.2, 0) is 6.54 Å². The molecule has 0 radical (unpaired) electrons. The molecule has 1 aromatic carbocycles. The van der Waals surface area contributed by atoms with Crippen LogP contribution in [0.3, 0.4) is 0 Å². The van der Waals surface area contributed by atoms with Crippen LogP contribution >= 0.6 is 15.9 Å². The summed E-state index contributed by atoms with van der Waals surface area (Å²) in [4.78, 5) is 0. The zero-order valence-electron chi connectivity index (χ0n) is 9.40. The van der Waals surface area contributed by atoms with E-state index in [9.17, 15) is 9.50 Å². The highest BCUT2D eigenvalue weighted by atomic mass is 79.9. The Morgan fingerprint density at radius 1 is 1.41 bits per heavy atom. The van der Waals surface area contributed by atoms with Crippen molar-refractivity contribution < 1.29 is 9.50 Å². The summed E-state index contributed by atoms with van der Waals surface area (Å²) in [6.45, 7) is 2.35. The molecular weight excluding hydrogens is 285 g/mol. The standard InChI is InChI=1S/C13H13BrFNO/c1-9(17)13-3-2-6-16(13)8-10-4-5-12(15)11(14)7-10/h2-7,9,17H,8H2,1H3. The third-order valence-corrected chi connectivity index (χ3v) is 3.24. The van der Waals surface area contributed by atoms with E-state index in [1.165, 1.54) is 6.07 Å². The molecule has 1 N–H and O–H groups in total. The molecule has 0 aliphatic rings. The summed E-state index contributed by atoms with van der Waals surface area (Å²) in [6.07, 6.45) is 1.40. The van der Waals surface area contributed by atoms with Crippen LogP contribution in [-0.4, -0.2) is 9.67 Å². The Labute approximate surface area is 108 Å². The molecule has 0 aliphatic carbocycles. The van der Waals surface area contributed by atoms with Gasteiger partial charge in [-0.25, -0.2) is 4.39 Å². The van der Waals surface area contributed by atoms with Gasteiger partial charge in [-0.1, -0.05) is 6.07 Å². The summed E-state index contributed by atoms with van der Waals surface area (Å²) in [5.74, 6) is -0.267. The highest BCUT2D eigenvalue weighted by molar-refractivity contribution is 9.10. The Bertz CT molecular complexity index is 522. The number of halogens is 2. The molecular formula is C13H13BrFNO. The summed E-state index contributed by atoms with van der Waals surface area (Å²) in [6, 6.07) is 8.70. The van der Waals surface area contributed by atoms with Crippen molar-refractivity contribution in [1.82, 2.24) is 4.57 Å². The Hall–Kier alpha value is -1.13. The van der Waals surface area contributed by atoms with Gasteiger partial charge in [0.25, 0.3) is 0 Å². The molecule has 2 nitrogen and oxygen atoms in total. The zero-order valence-corrected chi connectivity index (χ0v) is 11.0. The number of nitrogens with zero attached hydrogens (tertiary/aromatic N) is 1. The van der Waals surface area contributed by atoms with E-state index in [0.717, 1.165) is 11.3 Å². The lowest BCUT2D eigenvalue weighted by molar-refractivity contribution is 0.190. The second-order valence-electron chi connectivity index (χ2n) is 3.99. The first kappa shape index (κ1) is 12.3. The number of hydrogen-bond donors (Lipinski definition) is 1. The molecule has 17 heavy (non-hydrogen) atoms. The molecule has 0 amide bonds. The van der Waals surface area contributed by atoms with E-state index >= 15 is 0 Å². The maximum absolute atomic E-state index is 13.1. The molecule has 1 aromatic heterocycles. The SMILES string of the molecule is CC(O)c1cccn1Cc1ccc(F)c(Br)c1. The van der Waals surface area contributed by atoms with Gasteiger partial charge in [-0.05, 0) is 52.7 Å². The summed E-state index contributed by atoms with van der Waals surface area (Å²) >= 11 is 3.16. The fourth-order valence-corrected chi connectivity index (χ4v) is 2.21. The maximum Gasteiger partial charge on any atom is 0.137 e. The smallest absolute Gasteiger partial charge is 0.137 e. The normalized spacial score (nSPS) is 12.7. The van der Waals surface area contributed by atoms with Crippen LogP contribution in [0.25, 0.3) is 0 Å². The lowest BCUT2D eigenvalue weighted by Crippen LogP contribution is -2.05. The van der Waals surface area contributed by atoms with Gasteiger partial charge in [0.15, 0.2) is 0 Å². The van der Waals surface area contributed by atoms with Crippen molar-refractivity contribution in [2.45, 2.75) is 19.6 Å². The van der Waals surface area contributed by atoms with E-state index < -0.39 is 6.10 Å². The fourth-order valence-electron chi connectivity index (χ4n) is 1.79. The average Bonchev–Trinajstić information content (AvgIpc) is 2.72. The average molecular weight is 298 g/mol. The zero-order chi connectivity index (χ0) is 12.4. The third kappa shape index (κ3) is 2.76. The van der Waals surface area contributed by atoms with Gasteiger partial charge < -0.3 is 9.67 Å². The highest BCUT2D eigenvalue weighted by Crippen LogP contribution is 2.19. The molecule has 4 heteroatoms. The second-order valence-corrected chi connectivity index (χ2v) is 4.84. The van der Waals surface area contributed by atoms with Crippen LogP contribution in [0.2, 0.25) is 0 Å². The van der Waals surface area contributed by atoms with E-state index in [4.69, 9.17) is 0 Å². The van der Waals surface area contributed by atoms with Gasteiger partial charge >= 0.3 is 0 Å². The van der Waals surface area contributed by atoms with Gasteiger partial charge in [-0.15, -0.1) is 0 Å². The first-order valence-corrected chi connectivity index (χ1v) is 6.14. The minimum atomic E-state index is -0.506. The summed E-state index contributed by atoms with van der Waals surface area (Å²) in [5, 5.41) is 9.58. The van der Waals surface area contributed by atoms with Crippen molar-refractivity contribution in [2.24, 2.45) is 0 Å². The maximum atomic E-state index is 13.1. The molecule has 90 valence electrons. The van der Waals surface area contributed by atoms with Gasteiger partial charge in [-0.2, -0.15) is 0 Å². The van der Waals surface area contributed by atoms with Crippen LogP contribution in [0.1, 0.15) is 24.3 Å². The minimum absolute atomic E-state index is 0.267.